The Morgan fingerprint density at radius 3 is 2.53 bits per heavy atom. The number of rotatable bonds is 5. The molecule has 0 aliphatic rings. The molecule has 0 aromatic heterocycles. The van der Waals surface area contributed by atoms with Crippen LogP contribution in [0.2, 0.25) is 0 Å². The summed E-state index contributed by atoms with van der Waals surface area (Å²) in [6.45, 7) is 8.74. The highest BCUT2D eigenvalue weighted by Crippen LogP contribution is 2.25. The largest absolute Gasteiger partial charge is 0.496 e. The van der Waals surface area contributed by atoms with Crippen LogP contribution < -0.4 is 10.1 Å². The minimum Gasteiger partial charge on any atom is -0.496 e. The van der Waals surface area contributed by atoms with E-state index in [-0.39, 0.29) is 0 Å². The van der Waals surface area contributed by atoms with Crippen LogP contribution in [0.1, 0.15) is 32.8 Å². The summed E-state index contributed by atoms with van der Waals surface area (Å²) in [6, 6.07) is 6.18. The lowest BCUT2D eigenvalue weighted by Gasteiger charge is -2.18. The zero-order chi connectivity index (χ0) is 12.9. The van der Waals surface area contributed by atoms with Crippen LogP contribution in [0, 0.1) is 5.41 Å². The second-order valence-corrected chi connectivity index (χ2v) is 6.31. The van der Waals surface area contributed by atoms with Gasteiger partial charge in [0.1, 0.15) is 5.75 Å². The number of benzene rings is 1. The number of nitrogens with one attached hydrogen (secondary N) is 1. The van der Waals surface area contributed by atoms with Crippen molar-refractivity contribution >= 4 is 15.9 Å². The summed E-state index contributed by atoms with van der Waals surface area (Å²) in [4.78, 5) is 0. The molecule has 0 bridgehead atoms. The zero-order valence-electron chi connectivity index (χ0n) is 11.1. The molecule has 3 heteroatoms. The van der Waals surface area contributed by atoms with Gasteiger partial charge in [0.25, 0.3) is 0 Å². The molecule has 0 saturated carbocycles. The summed E-state index contributed by atoms with van der Waals surface area (Å²) in [5.41, 5.74) is 1.67. The smallest absolute Gasteiger partial charge is 0.133 e. The van der Waals surface area contributed by atoms with E-state index >= 15 is 0 Å². The van der Waals surface area contributed by atoms with E-state index in [2.05, 4.69) is 54.2 Å². The van der Waals surface area contributed by atoms with Gasteiger partial charge in [0.15, 0.2) is 0 Å². The second kappa shape index (κ2) is 6.41. The van der Waals surface area contributed by atoms with Crippen LogP contribution in [-0.2, 0) is 6.54 Å². The monoisotopic (exact) mass is 299 g/mol. The first-order chi connectivity index (χ1) is 7.92. The third kappa shape index (κ3) is 5.55. The number of hydrogen-bond donors (Lipinski definition) is 1. The Morgan fingerprint density at radius 2 is 2.00 bits per heavy atom. The topological polar surface area (TPSA) is 21.3 Å². The maximum atomic E-state index is 5.20. The van der Waals surface area contributed by atoms with Gasteiger partial charge in [-0.3, -0.25) is 0 Å². The maximum Gasteiger partial charge on any atom is 0.133 e. The maximum absolute atomic E-state index is 5.20. The van der Waals surface area contributed by atoms with Gasteiger partial charge in [0.2, 0.25) is 0 Å². The first-order valence-electron chi connectivity index (χ1n) is 5.95. The molecule has 0 amide bonds. The fourth-order valence-corrected chi connectivity index (χ4v) is 2.10. The molecule has 0 unspecified atom stereocenters. The first kappa shape index (κ1) is 14.5. The molecule has 96 valence electrons. The number of methoxy groups -OCH3 is 1. The van der Waals surface area contributed by atoms with Gasteiger partial charge in [-0.1, -0.05) is 26.8 Å². The second-order valence-electron chi connectivity index (χ2n) is 5.46. The Kier molecular flexibility index (Phi) is 5.47. The highest BCUT2D eigenvalue weighted by Gasteiger charge is 2.08. The molecule has 0 heterocycles. The van der Waals surface area contributed by atoms with E-state index in [1.54, 1.807) is 7.11 Å². The summed E-state index contributed by atoms with van der Waals surface area (Å²) in [6.07, 6.45) is 1.18. The van der Waals surface area contributed by atoms with Gasteiger partial charge in [-0.15, -0.1) is 0 Å². The van der Waals surface area contributed by atoms with Crippen molar-refractivity contribution < 1.29 is 4.74 Å². The molecule has 17 heavy (non-hydrogen) atoms. The van der Waals surface area contributed by atoms with E-state index < -0.39 is 0 Å². The lowest BCUT2D eigenvalue weighted by atomic mass is 9.92. The van der Waals surface area contributed by atoms with Crippen molar-refractivity contribution in [2.45, 2.75) is 33.7 Å². The van der Waals surface area contributed by atoms with Crippen LogP contribution in [0.25, 0.3) is 0 Å². The van der Waals surface area contributed by atoms with Gasteiger partial charge in [-0.25, -0.2) is 0 Å². The van der Waals surface area contributed by atoms with Crippen LogP contribution in [0.3, 0.4) is 0 Å². The minimum atomic E-state index is 0.396. The third-order valence-corrected chi connectivity index (χ3v) is 3.22. The van der Waals surface area contributed by atoms with Crippen molar-refractivity contribution in [1.29, 1.82) is 0 Å². The summed E-state index contributed by atoms with van der Waals surface area (Å²) >= 11 is 3.50. The van der Waals surface area contributed by atoms with Crippen molar-refractivity contribution in [2.75, 3.05) is 13.7 Å². The van der Waals surface area contributed by atoms with Crippen LogP contribution in [0.15, 0.2) is 22.7 Å². The number of ether oxygens (including phenoxy) is 1. The molecule has 0 radical (unpaired) electrons. The molecule has 1 rings (SSSR count). The molecule has 0 saturated heterocycles. The molecular formula is C14H22BrNO. The Bertz CT molecular complexity index is 358. The molecule has 0 spiro atoms. The van der Waals surface area contributed by atoms with Gasteiger partial charge in [0, 0.05) is 6.54 Å². The lowest BCUT2D eigenvalue weighted by Crippen LogP contribution is -2.20. The van der Waals surface area contributed by atoms with E-state index in [4.69, 9.17) is 4.74 Å². The SMILES string of the molecule is COc1ccc(CNCCC(C)(C)C)cc1Br. The Balaban J connectivity index is 2.40. The average Bonchev–Trinajstić information content (AvgIpc) is 2.23. The average molecular weight is 300 g/mol. The fourth-order valence-electron chi connectivity index (χ4n) is 1.52. The zero-order valence-corrected chi connectivity index (χ0v) is 12.7. The Labute approximate surface area is 113 Å². The van der Waals surface area contributed by atoms with E-state index in [1.807, 2.05) is 6.07 Å². The van der Waals surface area contributed by atoms with Gasteiger partial charge >= 0.3 is 0 Å². The highest BCUT2D eigenvalue weighted by atomic mass is 79.9. The standard InChI is InChI=1S/C14H22BrNO/c1-14(2,3)7-8-16-10-11-5-6-13(17-4)12(15)9-11/h5-6,9,16H,7-8,10H2,1-4H3. The normalized spacial score (nSPS) is 11.6. The van der Waals surface area contributed by atoms with Crippen molar-refractivity contribution in [3.05, 3.63) is 28.2 Å². The molecule has 0 aliphatic carbocycles. The molecule has 1 N–H and O–H groups in total. The Hall–Kier alpha value is -0.540. The van der Waals surface area contributed by atoms with E-state index in [0.717, 1.165) is 23.3 Å². The summed E-state index contributed by atoms with van der Waals surface area (Å²) in [5.74, 6) is 0.878. The van der Waals surface area contributed by atoms with Gasteiger partial charge in [-0.05, 0) is 52.0 Å². The minimum absolute atomic E-state index is 0.396. The van der Waals surface area contributed by atoms with Gasteiger partial charge < -0.3 is 10.1 Å². The summed E-state index contributed by atoms with van der Waals surface area (Å²) in [5, 5.41) is 3.46. The van der Waals surface area contributed by atoms with Crippen LogP contribution in [0.4, 0.5) is 0 Å². The van der Waals surface area contributed by atoms with Crippen molar-refractivity contribution in [2.24, 2.45) is 5.41 Å². The highest BCUT2D eigenvalue weighted by molar-refractivity contribution is 9.10. The summed E-state index contributed by atoms with van der Waals surface area (Å²) < 4.78 is 6.21. The van der Waals surface area contributed by atoms with Crippen LogP contribution in [-0.4, -0.2) is 13.7 Å². The van der Waals surface area contributed by atoms with E-state index in [1.165, 1.54) is 12.0 Å². The fraction of sp³-hybridized carbons (Fsp3) is 0.571. The molecule has 2 nitrogen and oxygen atoms in total. The molecule has 1 aromatic carbocycles. The van der Waals surface area contributed by atoms with E-state index in [9.17, 15) is 0 Å². The Morgan fingerprint density at radius 1 is 1.29 bits per heavy atom. The predicted octanol–water partition coefficient (Wildman–Crippen LogP) is 3.98. The third-order valence-electron chi connectivity index (χ3n) is 2.60. The van der Waals surface area contributed by atoms with Gasteiger partial charge in [-0.2, -0.15) is 0 Å². The number of hydrogen-bond acceptors (Lipinski definition) is 2. The number of halogens is 1. The molecule has 0 aliphatic heterocycles. The van der Waals surface area contributed by atoms with Crippen molar-refractivity contribution in [1.82, 2.24) is 5.32 Å². The molecule has 0 fully saturated rings. The first-order valence-corrected chi connectivity index (χ1v) is 6.75. The molecule has 0 atom stereocenters. The van der Waals surface area contributed by atoms with Gasteiger partial charge in [0.05, 0.1) is 11.6 Å². The molecule has 1 aromatic rings. The van der Waals surface area contributed by atoms with Crippen molar-refractivity contribution in [3.63, 3.8) is 0 Å². The van der Waals surface area contributed by atoms with E-state index in [0.29, 0.717) is 5.41 Å². The quantitative estimate of drug-likeness (QED) is 0.830. The van der Waals surface area contributed by atoms with Crippen LogP contribution >= 0.6 is 15.9 Å². The molecular weight excluding hydrogens is 278 g/mol. The summed E-state index contributed by atoms with van der Waals surface area (Å²) in [7, 11) is 1.68. The van der Waals surface area contributed by atoms with Crippen LogP contribution in [0.5, 0.6) is 5.75 Å². The predicted molar refractivity (Wildman–Crippen MR) is 76.5 cm³/mol. The van der Waals surface area contributed by atoms with Crippen molar-refractivity contribution in [3.8, 4) is 5.75 Å². The lowest BCUT2D eigenvalue weighted by molar-refractivity contribution is 0.366.